The Labute approximate surface area is 81.7 Å². The Bertz CT molecular complexity index is 243. The van der Waals surface area contributed by atoms with Crippen molar-refractivity contribution in [3.05, 3.63) is 17.6 Å². The zero-order valence-corrected chi connectivity index (χ0v) is 9.35. The molecule has 12 heavy (non-hydrogen) atoms. The van der Waals surface area contributed by atoms with E-state index in [4.69, 9.17) is 4.42 Å². The molecule has 0 atom stereocenters. The van der Waals surface area contributed by atoms with Gasteiger partial charge in [-0.1, -0.05) is 28.5 Å². The molecule has 1 rings (SSSR count). The second-order valence-corrected chi connectivity index (χ2v) is 5.14. The number of rotatable bonds is 4. The molecule has 0 bridgehead atoms. The summed E-state index contributed by atoms with van der Waals surface area (Å²) in [5, 5.41) is 0. The van der Waals surface area contributed by atoms with Gasteiger partial charge in [0, 0.05) is 5.75 Å². The van der Waals surface area contributed by atoms with Gasteiger partial charge in [-0.15, -0.1) is 0 Å². The quantitative estimate of drug-likeness (QED) is 0.540. The molecule has 0 aliphatic rings. The van der Waals surface area contributed by atoms with Gasteiger partial charge >= 0.3 is 0 Å². The molecule has 1 aromatic rings. The lowest BCUT2D eigenvalue weighted by atomic mass is 10.4. The second kappa shape index (κ2) is 4.87. The third-order valence-electron chi connectivity index (χ3n) is 1.43. The van der Waals surface area contributed by atoms with Crippen molar-refractivity contribution in [2.45, 2.75) is 32.1 Å². The number of hydrogen-bond donors (Lipinski definition) is 0. The molecule has 1 aromatic heterocycles. The number of aryl methyl sites for hydroxylation is 2. The fourth-order valence-corrected chi connectivity index (χ4v) is 3.26. The molecule has 0 radical (unpaired) electrons. The fourth-order valence-electron chi connectivity index (χ4n) is 0.879. The summed E-state index contributed by atoms with van der Waals surface area (Å²) in [5.74, 6) is 3.25. The summed E-state index contributed by atoms with van der Waals surface area (Å²) in [6.45, 7) is 6.20. The van der Waals surface area contributed by atoms with Crippen molar-refractivity contribution in [1.29, 1.82) is 0 Å². The first-order valence-corrected chi connectivity index (χ1v) is 6.42. The smallest absolute Gasteiger partial charge is 0.115 e. The van der Waals surface area contributed by atoms with E-state index in [1.807, 2.05) is 35.4 Å². The molecular formula is C9H14OS2. The van der Waals surface area contributed by atoms with Crippen LogP contribution in [0.2, 0.25) is 0 Å². The summed E-state index contributed by atoms with van der Waals surface area (Å²) in [7, 11) is 3.71. The van der Waals surface area contributed by atoms with E-state index in [1.54, 1.807) is 0 Å². The fraction of sp³-hybridized carbons (Fsp3) is 0.556. The lowest BCUT2D eigenvalue weighted by Gasteiger charge is -1.95. The van der Waals surface area contributed by atoms with Gasteiger partial charge in [0.2, 0.25) is 0 Å². The predicted molar refractivity (Wildman–Crippen MR) is 56.8 cm³/mol. The summed E-state index contributed by atoms with van der Waals surface area (Å²) in [4.78, 5) is 1.27. The summed E-state index contributed by atoms with van der Waals surface area (Å²) in [6, 6.07) is 2.10. The number of furan rings is 1. The molecule has 0 fully saturated rings. The van der Waals surface area contributed by atoms with Crippen molar-refractivity contribution in [3.8, 4) is 0 Å². The van der Waals surface area contributed by atoms with Crippen molar-refractivity contribution in [1.82, 2.24) is 0 Å². The highest BCUT2D eigenvalue weighted by Crippen LogP contribution is 2.35. The Kier molecular flexibility index (Phi) is 4.09. The molecule has 3 heteroatoms. The topological polar surface area (TPSA) is 13.1 Å². The molecule has 0 aliphatic heterocycles. The maximum Gasteiger partial charge on any atom is 0.115 e. The SMILES string of the molecule is CCCSSc1cc(C)oc1C. The van der Waals surface area contributed by atoms with Crippen LogP contribution in [-0.4, -0.2) is 5.75 Å². The minimum Gasteiger partial charge on any atom is -0.465 e. The lowest BCUT2D eigenvalue weighted by molar-refractivity contribution is 0.499. The Balaban J connectivity index is 2.45. The van der Waals surface area contributed by atoms with Gasteiger partial charge < -0.3 is 4.42 Å². The minimum absolute atomic E-state index is 1.01. The van der Waals surface area contributed by atoms with E-state index in [0.29, 0.717) is 0 Å². The van der Waals surface area contributed by atoms with Crippen molar-refractivity contribution in [3.63, 3.8) is 0 Å². The molecule has 0 amide bonds. The summed E-state index contributed by atoms with van der Waals surface area (Å²) < 4.78 is 5.41. The Morgan fingerprint density at radius 1 is 1.42 bits per heavy atom. The first kappa shape index (κ1) is 10.1. The zero-order valence-electron chi connectivity index (χ0n) is 7.72. The molecule has 0 spiro atoms. The van der Waals surface area contributed by atoms with Gasteiger partial charge in [0.05, 0.1) is 4.90 Å². The van der Waals surface area contributed by atoms with E-state index < -0.39 is 0 Å². The van der Waals surface area contributed by atoms with Gasteiger partial charge in [-0.2, -0.15) is 0 Å². The van der Waals surface area contributed by atoms with Gasteiger partial charge in [-0.05, 0) is 26.3 Å². The lowest BCUT2D eigenvalue weighted by Crippen LogP contribution is -1.69. The van der Waals surface area contributed by atoms with Crippen molar-refractivity contribution >= 4 is 21.6 Å². The molecule has 1 nitrogen and oxygen atoms in total. The standard InChI is InChI=1S/C9H14OS2/c1-4-5-11-12-9-6-7(2)10-8(9)3/h6H,4-5H2,1-3H3. The van der Waals surface area contributed by atoms with Crippen molar-refractivity contribution in [2.24, 2.45) is 0 Å². The van der Waals surface area contributed by atoms with Gasteiger partial charge in [-0.25, -0.2) is 0 Å². The van der Waals surface area contributed by atoms with Crippen LogP contribution in [0.4, 0.5) is 0 Å². The number of hydrogen-bond acceptors (Lipinski definition) is 3. The van der Waals surface area contributed by atoms with E-state index in [-0.39, 0.29) is 0 Å². The van der Waals surface area contributed by atoms with E-state index in [1.165, 1.54) is 17.1 Å². The maximum atomic E-state index is 5.41. The van der Waals surface area contributed by atoms with Crippen LogP contribution >= 0.6 is 21.6 Å². The van der Waals surface area contributed by atoms with Crippen LogP contribution in [0.25, 0.3) is 0 Å². The van der Waals surface area contributed by atoms with E-state index >= 15 is 0 Å². The van der Waals surface area contributed by atoms with Crippen molar-refractivity contribution in [2.75, 3.05) is 5.75 Å². The first-order chi connectivity index (χ1) is 5.74. The van der Waals surface area contributed by atoms with Crippen LogP contribution in [0.1, 0.15) is 24.9 Å². The molecule has 0 saturated heterocycles. The Morgan fingerprint density at radius 2 is 2.17 bits per heavy atom. The van der Waals surface area contributed by atoms with Crippen molar-refractivity contribution < 1.29 is 4.42 Å². The molecule has 0 saturated carbocycles. The highest BCUT2D eigenvalue weighted by atomic mass is 33.1. The van der Waals surface area contributed by atoms with Gasteiger partial charge in [0.15, 0.2) is 0 Å². The molecule has 0 aromatic carbocycles. The average Bonchev–Trinajstić information content (AvgIpc) is 2.31. The monoisotopic (exact) mass is 202 g/mol. The molecule has 0 unspecified atom stereocenters. The highest BCUT2D eigenvalue weighted by Gasteiger charge is 2.04. The summed E-state index contributed by atoms with van der Waals surface area (Å²) >= 11 is 0. The highest BCUT2D eigenvalue weighted by molar-refractivity contribution is 8.76. The van der Waals surface area contributed by atoms with Crippen LogP contribution in [0.3, 0.4) is 0 Å². The molecular weight excluding hydrogens is 188 g/mol. The molecule has 0 N–H and O–H groups in total. The third kappa shape index (κ3) is 2.79. The van der Waals surface area contributed by atoms with E-state index in [9.17, 15) is 0 Å². The van der Waals surface area contributed by atoms with E-state index in [0.717, 1.165) is 11.5 Å². The largest absolute Gasteiger partial charge is 0.465 e. The zero-order chi connectivity index (χ0) is 8.97. The van der Waals surface area contributed by atoms with Crippen LogP contribution in [-0.2, 0) is 0 Å². The van der Waals surface area contributed by atoms with Gasteiger partial charge in [0.1, 0.15) is 11.5 Å². The Hall–Kier alpha value is -0.0200. The van der Waals surface area contributed by atoms with Crippen LogP contribution in [0.15, 0.2) is 15.4 Å². The predicted octanol–water partition coefficient (Wildman–Crippen LogP) is 4.05. The molecule has 0 aliphatic carbocycles. The third-order valence-corrected chi connectivity index (χ3v) is 4.10. The second-order valence-electron chi connectivity index (χ2n) is 2.68. The van der Waals surface area contributed by atoms with Crippen LogP contribution in [0, 0.1) is 13.8 Å². The summed E-state index contributed by atoms with van der Waals surface area (Å²) in [5.41, 5.74) is 0. The first-order valence-electron chi connectivity index (χ1n) is 4.10. The minimum atomic E-state index is 1.01. The van der Waals surface area contributed by atoms with Gasteiger partial charge in [-0.3, -0.25) is 0 Å². The summed E-state index contributed by atoms with van der Waals surface area (Å²) in [6.07, 6.45) is 1.23. The van der Waals surface area contributed by atoms with E-state index in [2.05, 4.69) is 13.0 Å². The maximum absolute atomic E-state index is 5.41. The Morgan fingerprint density at radius 3 is 2.67 bits per heavy atom. The van der Waals surface area contributed by atoms with Crippen LogP contribution in [0.5, 0.6) is 0 Å². The molecule has 1 heterocycles. The average molecular weight is 202 g/mol. The normalized spacial score (nSPS) is 10.6. The van der Waals surface area contributed by atoms with Crippen LogP contribution < -0.4 is 0 Å². The van der Waals surface area contributed by atoms with Gasteiger partial charge in [0.25, 0.3) is 0 Å². The molecule has 68 valence electrons.